The zero-order valence-corrected chi connectivity index (χ0v) is 13.2. The van der Waals surface area contributed by atoms with E-state index in [1.54, 1.807) is 12.4 Å². The molecule has 0 amide bonds. The molecule has 0 radical (unpaired) electrons. The van der Waals surface area contributed by atoms with Gasteiger partial charge in [-0.3, -0.25) is 9.78 Å². The highest BCUT2D eigenvalue weighted by atomic mass is 16.5. The average molecular weight is 295 g/mol. The first-order valence-electron chi connectivity index (χ1n) is 7.23. The van der Waals surface area contributed by atoms with Gasteiger partial charge in [0.15, 0.2) is 0 Å². The van der Waals surface area contributed by atoms with E-state index in [1.807, 2.05) is 27.7 Å². The number of hydrogen-bond acceptors (Lipinski definition) is 5. The van der Waals surface area contributed by atoms with Crippen LogP contribution in [0.15, 0.2) is 12.4 Å². The Hall–Kier alpha value is -1.85. The summed E-state index contributed by atoms with van der Waals surface area (Å²) >= 11 is 0. The lowest BCUT2D eigenvalue weighted by Gasteiger charge is -2.23. The number of rotatable bonds is 8. The Balaban J connectivity index is 2.61. The molecule has 1 aromatic rings. The Bertz CT molecular complexity index is 458. The van der Waals surface area contributed by atoms with Gasteiger partial charge in [-0.2, -0.15) is 4.98 Å². The number of ether oxygens (including phenoxy) is 1. The Morgan fingerprint density at radius 2 is 2.14 bits per heavy atom. The van der Waals surface area contributed by atoms with Crippen molar-refractivity contribution >= 4 is 11.8 Å². The molecule has 0 spiro atoms. The van der Waals surface area contributed by atoms with Gasteiger partial charge in [0.2, 0.25) is 5.88 Å². The quantitative estimate of drug-likeness (QED) is 0.767. The van der Waals surface area contributed by atoms with Crippen LogP contribution in [0.25, 0.3) is 0 Å². The van der Waals surface area contributed by atoms with Crippen molar-refractivity contribution in [3.8, 4) is 5.88 Å². The Kier molecular flexibility index (Phi) is 6.39. The van der Waals surface area contributed by atoms with Crippen molar-refractivity contribution in [2.75, 3.05) is 18.5 Å². The molecule has 6 heteroatoms. The van der Waals surface area contributed by atoms with Crippen LogP contribution in [0.4, 0.5) is 5.82 Å². The first-order valence-corrected chi connectivity index (χ1v) is 7.23. The summed E-state index contributed by atoms with van der Waals surface area (Å²) in [7, 11) is 0. The molecule has 1 rings (SSSR count). The van der Waals surface area contributed by atoms with Crippen molar-refractivity contribution in [3.05, 3.63) is 12.4 Å². The number of carbonyl (C=O) groups is 1. The summed E-state index contributed by atoms with van der Waals surface area (Å²) in [6, 6.07) is 0. The SMILES string of the molecule is CCCOc1cncc(NCC(CC(C)(C)C)C(=O)O)n1. The number of nitrogens with zero attached hydrogens (tertiary/aromatic N) is 2. The first kappa shape index (κ1) is 17.2. The maximum Gasteiger partial charge on any atom is 0.308 e. The van der Waals surface area contributed by atoms with E-state index in [0.29, 0.717) is 31.3 Å². The van der Waals surface area contributed by atoms with E-state index in [-0.39, 0.29) is 5.41 Å². The van der Waals surface area contributed by atoms with Crippen LogP contribution < -0.4 is 10.1 Å². The average Bonchev–Trinajstić information content (AvgIpc) is 2.40. The van der Waals surface area contributed by atoms with Gasteiger partial charge in [0.05, 0.1) is 24.9 Å². The Labute approximate surface area is 126 Å². The lowest BCUT2D eigenvalue weighted by atomic mass is 9.84. The third-order valence-electron chi connectivity index (χ3n) is 2.80. The number of anilines is 1. The van der Waals surface area contributed by atoms with Gasteiger partial charge in [0.25, 0.3) is 0 Å². The summed E-state index contributed by atoms with van der Waals surface area (Å²) in [6.07, 6.45) is 4.60. The fraction of sp³-hybridized carbons (Fsp3) is 0.667. The molecule has 0 bridgehead atoms. The molecule has 0 fully saturated rings. The van der Waals surface area contributed by atoms with Crippen molar-refractivity contribution in [2.45, 2.75) is 40.5 Å². The van der Waals surface area contributed by atoms with Crippen LogP contribution in [0.2, 0.25) is 0 Å². The lowest BCUT2D eigenvalue weighted by molar-refractivity contribution is -0.142. The highest BCUT2D eigenvalue weighted by molar-refractivity contribution is 5.70. The van der Waals surface area contributed by atoms with Crippen LogP contribution in [0.1, 0.15) is 40.5 Å². The van der Waals surface area contributed by atoms with Crippen LogP contribution in [0.5, 0.6) is 5.88 Å². The second kappa shape index (κ2) is 7.81. The summed E-state index contributed by atoms with van der Waals surface area (Å²) in [4.78, 5) is 19.6. The zero-order valence-electron chi connectivity index (χ0n) is 13.2. The molecule has 1 atom stereocenters. The van der Waals surface area contributed by atoms with Gasteiger partial charge in [0, 0.05) is 6.54 Å². The molecule has 21 heavy (non-hydrogen) atoms. The van der Waals surface area contributed by atoms with E-state index in [1.165, 1.54) is 0 Å². The minimum absolute atomic E-state index is 0.0392. The van der Waals surface area contributed by atoms with E-state index < -0.39 is 11.9 Å². The second-order valence-electron chi connectivity index (χ2n) is 6.27. The molecular formula is C15H25N3O3. The van der Waals surface area contributed by atoms with Gasteiger partial charge in [-0.1, -0.05) is 27.7 Å². The number of aromatic nitrogens is 2. The molecule has 1 aromatic heterocycles. The van der Waals surface area contributed by atoms with Crippen LogP contribution >= 0.6 is 0 Å². The maximum absolute atomic E-state index is 11.3. The molecule has 0 saturated carbocycles. The minimum atomic E-state index is -0.802. The third kappa shape index (κ3) is 6.92. The summed E-state index contributed by atoms with van der Waals surface area (Å²) in [5.41, 5.74) is -0.0392. The van der Waals surface area contributed by atoms with E-state index in [9.17, 15) is 9.90 Å². The van der Waals surface area contributed by atoms with Crippen LogP contribution in [0, 0.1) is 11.3 Å². The van der Waals surface area contributed by atoms with E-state index >= 15 is 0 Å². The molecule has 118 valence electrons. The molecule has 1 unspecified atom stereocenters. The van der Waals surface area contributed by atoms with Crippen LogP contribution in [-0.2, 0) is 4.79 Å². The predicted octanol–water partition coefficient (Wildman–Crippen LogP) is 2.81. The van der Waals surface area contributed by atoms with Crippen LogP contribution in [-0.4, -0.2) is 34.2 Å². The minimum Gasteiger partial charge on any atom is -0.481 e. The number of hydrogen-bond donors (Lipinski definition) is 2. The molecule has 6 nitrogen and oxygen atoms in total. The lowest BCUT2D eigenvalue weighted by Crippen LogP contribution is -2.27. The fourth-order valence-corrected chi connectivity index (χ4v) is 1.92. The van der Waals surface area contributed by atoms with E-state index in [0.717, 1.165) is 6.42 Å². The smallest absolute Gasteiger partial charge is 0.308 e. The number of carboxylic acids is 1. The standard InChI is InChI=1S/C15H25N3O3/c1-5-6-21-13-10-16-9-12(18-13)17-8-11(14(19)20)7-15(2,3)4/h9-11H,5-8H2,1-4H3,(H,17,18)(H,19,20). The van der Waals surface area contributed by atoms with Gasteiger partial charge in [0.1, 0.15) is 5.82 Å². The van der Waals surface area contributed by atoms with Crippen LogP contribution in [0.3, 0.4) is 0 Å². The van der Waals surface area contributed by atoms with E-state index in [2.05, 4.69) is 15.3 Å². The molecular weight excluding hydrogens is 270 g/mol. The topological polar surface area (TPSA) is 84.3 Å². The summed E-state index contributed by atoms with van der Waals surface area (Å²) in [5.74, 6) is -0.288. The van der Waals surface area contributed by atoms with Crippen molar-refractivity contribution in [3.63, 3.8) is 0 Å². The van der Waals surface area contributed by atoms with Gasteiger partial charge < -0.3 is 15.2 Å². The molecule has 0 aliphatic rings. The zero-order chi connectivity index (χ0) is 15.9. The highest BCUT2D eigenvalue weighted by Gasteiger charge is 2.24. The summed E-state index contributed by atoms with van der Waals surface area (Å²) < 4.78 is 5.40. The Morgan fingerprint density at radius 3 is 2.71 bits per heavy atom. The van der Waals surface area contributed by atoms with Crippen molar-refractivity contribution in [1.29, 1.82) is 0 Å². The van der Waals surface area contributed by atoms with Crippen molar-refractivity contribution in [1.82, 2.24) is 9.97 Å². The third-order valence-corrected chi connectivity index (χ3v) is 2.80. The normalized spacial score (nSPS) is 12.8. The number of aliphatic carboxylic acids is 1. The van der Waals surface area contributed by atoms with E-state index in [4.69, 9.17) is 4.74 Å². The molecule has 1 heterocycles. The van der Waals surface area contributed by atoms with Gasteiger partial charge >= 0.3 is 5.97 Å². The fourth-order valence-electron chi connectivity index (χ4n) is 1.92. The largest absolute Gasteiger partial charge is 0.481 e. The second-order valence-corrected chi connectivity index (χ2v) is 6.27. The van der Waals surface area contributed by atoms with Gasteiger partial charge in [-0.05, 0) is 18.3 Å². The highest BCUT2D eigenvalue weighted by Crippen LogP contribution is 2.25. The summed E-state index contributed by atoms with van der Waals surface area (Å²) in [5, 5.41) is 12.3. The number of carboxylic acid groups (broad SMARTS) is 1. The predicted molar refractivity (Wildman–Crippen MR) is 81.5 cm³/mol. The van der Waals surface area contributed by atoms with Gasteiger partial charge in [-0.25, -0.2) is 0 Å². The monoisotopic (exact) mass is 295 g/mol. The number of nitrogens with one attached hydrogen (secondary N) is 1. The Morgan fingerprint density at radius 1 is 1.43 bits per heavy atom. The molecule has 0 aliphatic heterocycles. The molecule has 0 saturated heterocycles. The maximum atomic E-state index is 11.3. The molecule has 2 N–H and O–H groups in total. The van der Waals surface area contributed by atoms with Gasteiger partial charge in [-0.15, -0.1) is 0 Å². The van der Waals surface area contributed by atoms with Crippen molar-refractivity contribution < 1.29 is 14.6 Å². The first-order chi connectivity index (χ1) is 9.81. The van der Waals surface area contributed by atoms with Crippen molar-refractivity contribution in [2.24, 2.45) is 11.3 Å². The molecule has 0 aromatic carbocycles. The summed E-state index contributed by atoms with van der Waals surface area (Å²) in [6.45, 7) is 9.00. The molecule has 0 aliphatic carbocycles.